The van der Waals surface area contributed by atoms with Crippen LogP contribution >= 0.6 is 11.6 Å². The lowest BCUT2D eigenvalue weighted by Crippen LogP contribution is -2.57. The van der Waals surface area contributed by atoms with Gasteiger partial charge in [0.2, 0.25) is 5.91 Å². The second-order valence-corrected chi connectivity index (χ2v) is 8.78. The zero-order valence-electron chi connectivity index (χ0n) is 15.2. The van der Waals surface area contributed by atoms with Crippen molar-refractivity contribution in [1.29, 1.82) is 0 Å². The molecule has 4 aliphatic heterocycles. The molecular weight excluding hydrogens is 399 g/mol. The van der Waals surface area contributed by atoms with Gasteiger partial charge in [0, 0.05) is 18.5 Å². The van der Waals surface area contributed by atoms with Crippen molar-refractivity contribution < 1.29 is 32.5 Å². The number of carbonyl (C=O) groups excluding carboxylic acids is 1. The minimum atomic E-state index is -4.64. The zero-order valence-corrected chi connectivity index (χ0v) is 16.0. The van der Waals surface area contributed by atoms with Gasteiger partial charge < -0.3 is 14.6 Å². The Hall–Kier alpha value is -1.35. The van der Waals surface area contributed by atoms with E-state index in [9.17, 15) is 23.1 Å². The third-order valence-corrected chi connectivity index (χ3v) is 7.26. The third kappa shape index (κ3) is 2.07. The molecule has 1 amide bonds. The van der Waals surface area contributed by atoms with E-state index in [2.05, 4.69) is 0 Å². The van der Waals surface area contributed by atoms with Crippen LogP contribution in [0.3, 0.4) is 0 Å². The molecule has 152 valence electrons. The van der Waals surface area contributed by atoms with Gasteiger partial charge in [0.05, 0.1) is 40.7 Å². The molecule has 5 nitrogen and oxygen atoms in total. The number of nitrogens with zero attached hydrogens (tertiary/aromatic N) is 1. The predicted molar refractivity (Wildman–Crippen MR) is 92.9 cm³/mol. The second-order valence-electron chi connectivity index (χ2n) is 8.38. The molecular formula is C19H19ClF3NO4. The molecule has 28 heavy (non-hydrogen) atoms. The Kier molecular flexibility index (Phi) is 3.61. The lowest BCUT2D eigenvalue weighted by atomic mass is 9.65. The van der Waals surface area contributed by atoms with Crippen LogP contribution in [0.4, 0.5) is 18.9 Å². The van der Waals surface area contributed by atoms with Gasteiger partial charge in [0.1, 0.15) is 11.8 Å². The standard InChI is InChI=1S/C19H19ClF3NO4/c1-8-10(4-3-9(20)12(8)19(21,22)23)24-15(26)13-14-16(24)27-6-5-18(14)11(25)7-17(13,2)28-18/h3-4,11,13-14,16,25H,5-7H2,1-2H3/t11-,13+,14-,16-,17+,18-/m0/s1. The maximum absolute atomic E-state index is 13.5. The lowest BCUT2D eigenvalue weighted by Gasteiger charge is -2.44. The largest absolute Gasteiger partial charge is 0.418 e. The van der Waals surface area contributed by atoms with E-state index >= 15 is 0 Å². The SMILES string of the molecule is Cc1c(N2C(=O)[C@H]3[C@H]4[C@@H]2OCC[C@@]42O[C@]3(C)C[C@@H]2O)ccc(Cl)c1C(F)(F)F. The highest BCUT2D eigenvalue weighted by Gasteiger charge is 2.78. The lowest BCUT2D eigenvalue weighted by molar-refractivity contribution is -0.163. The van der Waals surface area contributed by atoms with E-state index in [4.69, 9.17) is 21.1 Å². The first-order valence-electron chi connectivity index (χ1n) is 9.20. The van der Waals surface area contributed by atoms with Gasteiger partial charge in [-0.15, -0.1) is 0 Å². The minimum Gasteiger partial charge on any atom is -0.390 e. The maximum atomic E-state index is 13.5. The van der Waals surface area contributed by atoms with Crippen LogP contribution in [0.25, 0.3) is 0 Å². The van der Waals surface area contributed by atoms with Crippen LogP contribution in [0.1, 0.15) is 30.9 Å². The van der Waals surface area contributed by atoms with Crippen molar-refractivity contribution in [2.75, 3.05) is 11.5 Å². The summed E-state index contributed by atoms with van der Waals surface area (Å²) in [6.07, 6.45) is -5.36. The highest BCUT2D eigenvalue weighted by molar-refractivity contribution is 6.31. The molecule has 1 N–H and O–H groups in total. The summed E-state index contributed by atoms with van der Waals surface area (Å²) in [7, 11) is 0. The van der Waals surface area contributed by atoms with E-state index in [-0.39, 0.29) is 23.8 Å². The van der Waals surface area contributed by atoms with Gasteiger partial charge in [0.15, 0.2) is 0 Å². The molecule has 4 saturated heterocycles. The van der Waals surface area contributed by atoms with Crippen LogP contribution in [0.2, 0.25) is 5.02 Å². The molecule has 4 aliphatic rings. The van der Waals surface area contributed by atoms with E-state index < -0.39 is 52.1 Å². The monoisotopic (exact) mass is 417 g/mol. The molecule has 1 aromatic rings. The van der Waals surface area contributed by atoms with Gasteiger partial charge in [-0.3, -0.25) is 9.69 Å². The molecule has 4 fully saturated rings. The van der Waals surface area contributed by atoms with Crippen molar-refractivity contribution in [3.05, 3.63) is 28.3 Å². The van der Waals surface area contributed by atoms with Gasteiger partial charge in [0.25, 0.3) is 0 Å². The summed E-state index contributed by atoms with van der Waals surface area (Å²) in [6.45, 7) is 3.36. The number of ether oxygens (including phenoxy) is 2. The molecule has 0 unspecified atom stereocenters. The van der Waals surface area contributed by atoms with Crippen LogP contribution in [-0.4, -0.2) is 41.2 Å². The first-order valence-corrected chi connectivity index (χ1v) is 9.58. The average Bonchev–Trinajstić information content (AvgIpc) is 3.11. The van der Waals surface area contributed by atoms with Crippen LogP contribution in [0.15, 0.2) is 12.1 Å². The number of benzene rings is 1. The molecule has 2 bridgehead atoms. The van der Waals surface area contributed by atoms with Gasteiger partial charge in [-0.25, -0.2) is 0 Å². The van der Waals surface area contributed by atoms with Crippen LogP contribution in [0.5, 0.6) is 0 Å². The average molecular weight is 418 g/mol. The van der Waals surface area contributed by atoms with Crippen molar-refractivity contribution in [1.82, 2.24) is 0 Å². The van der Waals surface area contributed by atoms with Crippen LogP contribution in [-0.2, 0) is 20.4 Å². The summed E-state index contributed by atoms with van der Waals surface area (Å²) in [4.78, 5) is 14.7. The first-order chi connectivity index (χ1) is 13.0. The number of anilines is 1. The number of carbonyl (C=O) groups is 1. The van der Waals surface area contributed by atoms with Crippen LogP contribution in [0, 0.1) is 18.8 Å². The Balaban J connectivity index is 1.66. The van der Waals surface area contributed by atoms with Crippen molar-refractivity contribution in [3.63, 3.8) is 0 Å². The minimum absolute atomic E-state index is 0.115. The number of rotatable bonds is 1. The zero-order chi connectivity index (χ0) is 20.2. The van der Waals surface area contributed by atoms with Crippen LogP contribution < -0.4 is 4.90 Å². The Morgan fingerprint density at radius 1 is 1.36 bits per heavy atom. The number of amides is 1. The summed E-state index contributed by atoms with van der Waals surface area (Å²) < 4.78 is 52.7. The number of alkyl halides is 3. The number of aliphatic hydroxyl groups is 1. The Labute approximate surface area is 164 Å². The number of hydrogen-bond donors (Lipinski definition) is 1. The molecule has 6 atom stereocenters. The molecule has 0 radical (unpaired) electrons. The molecule has 0 saturated carbocycles. The summed E-state index contributed by atoms with van der Waals surface area (Å²) in [6, 6.07) is 2.59. The molecule has 1 spiro atoms. The summed E-state index contributed by atoms with van der Waals surface area (Å²) in [5, 5.41) is 10.2. The number of hydrogen-bond acceptors (Lipinski definition) is 4. The fourth-order valence-electron chi connectivity index (χ4n) is 5.93. The normalized spacial score (nSPS) is 41.7. The summed E-state index contributed by atoms with van der Waals surface area (Å²) in [5.41, 5.74) is -2.67. The van der Waals surface area contributed by atoms with Crippen molar-refractivity contribution >= 4 is 23.2 Å². The molecule has 1 aromatic carbocycles. The van der Waals surface area contributed by atoms with Gasteiger partial charge >= 0.3 is 6.18 Å². The molecule has 9 heteroatoms. The second kappa shape index (κ2) is 5.41. The van der Waals surface area contributed by atoms with Gasteiger partial charge in [-0.1, -0.05) is 11.6 Å². The van der Waals surface area contributed by atoms with E-state index in [1.54, 1.807) is 6.92 Å². The molecule has 0 aromatic heterocycles. The Bertz CT molecular complexity index is 893. The maximum Gasteiger partial charge on any atom is 0.418 e. The Morgan fingerprint density at radius 2 is 2.07 bits per heavy atom. The fraction of sp³-hybridized carbons (Fsp3) is 0.632. The summed E-state index contributed by atoms with van der Waals surface area (Å²) in [5.74, 6) is -1.32. The van der Waals surface area contributed by atoms with Crippen molar-refractivity contribution in [3.8, 4) is 0 Å². The fourth-order valence-corrected chi connectivity index (χ4v) is 6.25. The number of halogens is 4. The third-order valence-electron chi connectivity index (χ3n) is 6.94. The van der Waals surface area contributed by atoms with E-state index in [0.29, 0.717) is 12.8 Å². The Morgan fingerprint density at radius 3 is 2.75 bits per heavy atom. The summed E-state index contributed by atoms with van der Waals surface area (Å²) >= 11 is 5.82. The smallest absolute Gasteiger partial charge is 0.390 e. The molecule has 4 heterocycles. The topological polar surface area (TPSA) is 59.0 Å². The number of fused-ring (bicyclic) bond motifs is 2. The van der Waals surface area contributed by atoms with Gasteiger partial charge in [-0.05, 0) is 31.5 Å². The molecule has 5 rings (SSSR count). The first kappa shape index (κ1) is 18.7. The highest BCUT2D eigenvalue weighted by Crippen LogP contribution is 2.65. The van der Waals surface area contributed by atoms with Crippen molar-refractivity contribution in [2.45, 2.75) is 56.4 Å². The predicted octanol–water partition coefficient (Wildman–Crippen LogP) is 3.28. The molecule has 0 aliphatic carbocycles. The van der Waals surface area contributed by atoms with E-state index in [1.165, 1.54) is 17.9 Å². The van der Waals surface area contributed by atoms with E-state index in [1.807, 2.05) is 0 Å². The van der Waals surface area contributed by atoms with Crippen molar-refractivity contribution in [2.24, 2.45) is 11.8 Å². The van der Waals surface area contributed by atoms with E-state index in [0.717, 1.165) is 6.07 Å². The van der Waals surface area contributed by atoms with Gasteiger partial charge in [-0.2, -0.15) is 13.2 Å². The number of aliphatic hydroxyl groups excluding tert-OH is 1. The quantitative estimate of drug-likeness (QED) is 0.762. The highest BCUT2D eigenvalue weighted by atomic mass is 35.5.